The summed E-state index contributed by atoms with van der Waals surface area (Å²) in [5, 5.41) is 15.6. The molecule has 2 rings (SSSR count). The fourth-order valence-electron chi connectivity index (χ4n) is 2.95. The Balaban J connectivity index is 1.91. The first-order valence-electron chi connectivity index (χ1n) is 7.41. The number of carbonyl (C=O) groups is 1. The second-order valence-electron chi connectivity index (χ2n) is 5.63. The molecule has 0 bridgehead atoms. The number of aliphatic hydroxyl groups is 1. The van der Waals surface area contributed by atoms with Crippen molar-refractivity contribution in [2.45, 2.75) is 32.6 Å². The van der Waals surface area contributed by atoms with Gasteiger partial charge >= 0.3 is 0 Å². The lowest BCUT2D eigenvalue weighted by atomic mass is 9.79. The monoisotopic (exact) mass is 276 g/mol. The van der Waals surface area contributed by atoms with Crippen LogP contribution in [0.3, 0.4) is 0 Å². The first kappa shape index (κ1) is 14.9. The lowest BCUT2D eigenvalue weighted by Gasteiger charge is -2.30. The van der Waals surface area contributed by atoms with Crippen molar-refractivity contribution in [3.8, 4) is 0 Å². The van der Waals surface area contributed by atoms with Crippen LogP contribution in [0.15, 0.2) is 24.3 Å². The molecule has 2 atom stereocenters. The fourth-order valence-corrected chi connectivity index (χ4v) is 2.95. The van der Waals surface area contributed by atoms with Gasteiger partial charge < -0.3 is 15.7 Å². The van der Waals surface area contributed by atoms with Crippen LogP contribution in [0.25, 0.3) is 0 Å². The molecule has 0 aromatic heterocycles. The minimum absolute atomic E-state index is 0.0604. The zero-order valence-corrected chi connectivity index (χ0v) is 12.1. The van der Waals surface area contributed by atoms with Gasteiger partial charge in [-0.2, -0.15) is 0 Å². The number of benzene rings is 1. The predicted octanol–water partition coefficient (Wildman–Crippen LogP) is 2.86. The van der Waals surface area contributed by atoms with Crippen molar-refractivity contribution in [1.29, 1.82) is 0 Å². The van der Waals surface area contributed by atoms with Crippen molar-refractivity contribution in [2.75, 3.05) is 23.8 Å². The Hall–Kier alpha value is -1.55. The van der Waals surface area contributed by atoms with Crippen LogP contribution < -0.4 is 10.6 Å². The zero-order valence-electron chi connectivity index (χ0n) is 12.1. The van der Waals surface area contributed by atoms with E-state index < -0.39 is 0 Å². The van der Waals surface area contributed by atoms with E-state index >= 15 is 0 Å². The molecule has 4 nitrogen and oxygen atoms in total. The van der Waals surface area contributed by atoms with E-state index in [0.717, 1.165) is 24.3 Å². The molecule has 2 unspecified atom stereocenters. The summed E-state index contributed by atoms with van der Waals surface area (Å²) >= 11 is 0. The Morgan fingerprint density at radius 1 is 1.25 bits per heavy atom. The maximum Gasteiger partial charge on any atom is 0.221 e. The highest BCUT2D eigenvalue weighted by molar-refractivity contribution is 5.89. The predicted molar refractivity (Wildman–Crippen MR) is 81.8 cm³/mol. The molecule has 1 saturated carbocycles. The topological polar surface area (TPSA) is 61.4 Å². The van der Waals surface area contributed by atoms with Crippen molar-refractivity contribution in [2.24, 2.45) is 11.8 Å². The maximum atomic E-state index is 11.1. The lowest BCUT2D eigenvalue weighted by molar-refractivity contribution is -0.114. The van der Waals surface area contributed by atoms with Gasteiger partial charge in [0.2, 0.25) is 5.91 Å². The van der Waals surface area contributed by atoms with Crippen molar-refractivity contribution in [3.63, 3.8) is 0 Å². The molecule has 1 aromatic rings. The molecule has 4 heteroatoms. The summed E-state index contributed by atoms with van der Waals surface area (Å²) in [6.07, 6.45) is 4.81. The van der Waals surface area contributed by atoms with E-state index in [1.165, 1.54) is 26.2 Å². The van der Waals surface area contributed by atoms with E-state index in [9.17, 15) is 9.90 Å². The van der Waals surface area contributed by atoms with Crippen LogP contribution in [-0.4, -0.2) is 24.2 Å². The van der Waals surface area contributed by atoms with Crippen LogP contribution in [0.5, 0.6) is 0 Å². The van der Waals surface area contributed by atoms with Crippen LogP contribution in [0.4, 0.5) is 11.4 Å². The minimum Gasteiger partial charge on any atom is -0.396 e. The second kappa shape index (κ2) is 7.29. The third kappa shape index (κ3) is 4.23. The van der Waals surface area contributed by atoms with E-state index in [0.29, 0.717) is 11.8 Å². The van der Waals surface area contributed by atoms with Crippen molar-refractivity contribution >= 4 is 17.3 Å². The Labute approximate surface area is 120 Å². The number of carbonyl (C=O) groups excluding carboxylic acids is 1. The van der Waals surface area contributed by atoms with Gasteiger partial charge in [0, 0.05) is 31.5 Å². The van der Waals surface area contributed by atoms with Crippen LogP contribution in [-0.2, 0) is 4.79 Å². The summed E-state index contributed by atoms with van der Waals surface area (Å²) in [6.45, 7) is 2.68. The Kier molecular flexibility index (Phi) is 5.41. The number of aliphatic hydroxyl groups excluding tert-OH is 1. The van der Waals surface area contributed by atoms with E-state index in [4.69, 9.17) is 0 Å². The molecule has 0 radical (unpaired) electrons. The minimum atomic E-state index is -0.0604. The Morgan fingerprint density at radius 3 is 2.65 bits per heavy atom. The van der Waals surface area contributed by atoms with Gasteiger partial charge in [-0.15, -0.1) is 0 Å². The Bertz CT molecular complexity index is 448. The third-order valence-corrected chi connectivity index (χ3v) is 4.05. The first-order chi connectivity index (χ1) is 9.69. The molecule has 110 valence electrons. The second-order valence-corrected chi connectivity index (χ2v) is 5.63. The highest BCUT2D eigenvalue weighted by Gasteiger charge is 2.23. The molecule has 1 fully saturated rings. The van der Waals surface area contributed by atoms with Crippen LogP contribution in [0.2, 0.25) is 0 Å². The molecule has 1 aliphatic carbocycles. The van der Waals surface area contributed by atoms with E-state index in [1.54, 1.807) is 0 Å². The number of hydrogen-bond donors (Lipinski definition) is 3. The Morgan fingerprint density at radius 2 is 1.95 bits per heavy atom. The third-order valence-electron chi connectivity index (χ3n) is 4.05. The van der Waals surface area contributed by atoms with Crippen LogP contribution >= 0.6 is 0 Å². The number of hydrogen-bond acceptors (Lipinski definition) is 3. The number of amides is 1. The number of nitrogens with one attached hydrogen (secondary N) is 2. The van der Waals surface area contributed by atoms with E-state index in [2.05, 4.69) is 10.6 Å². The molecule has 1 aliphatic rings. The summed E-state index contributed by atoms with van der Waals surface area (Å²) in [6, 6.07) is 7.75. The summed E-state index contributed by atoms with van der Waals surface area (Å²) in [4.78, 5) is 11.1. The molecule has 1 aromatic carbocycles. The van der Waals surface area contributed by atoms with E-state index in [-0.39, 0.29) is 12.5 Å². The molecule has 0 aliphatic heterocycles. The molecular weight excluding hydrogens is 252 g/mol. The zero-order chi connectivity index (χ0) is 14.4. The molecule has 20 heavy (non-hydrogen) atoms. The smallest absolute Gasteiger partial charge is 0.221 e. The normalized spacial score (nSPS) is 22.3. The van der Waals surface area contributed by atoms with Gasteiger partial charge in [-0.25, -0.2) is 0 Å². The maximum absolute atomic E-state index is 11.1. The van der Waals surface area contributed by atoms with Gasteiger partial charge in [-0.05, 0) is 42.9 Å². The molecule has 0 spiro atoms. The molecule has 3 N–H and O–H groups in total. The average molecular weight is 276 g/mol. The van der Waals surface area contributed by atoms with Crippen LogP contribution in [0.1, 0.15) is 32.6 Å². The van der Waals surface area contributed by atoms with Crippen LogP contribution in [0, 0.1) is 11.8 Å². The lowest BCUT2D eigenvalue weighted by Crippen LogP contribution is -2.28. The molecule has 0 saturated heterocycles. The summed E-state index contributed by atoms with van der Waals surface area (Å²) in [7, 11) is 0. The standard InChI is InChI=1S/C16H24N2O2/c1-12(20)18-16-8-4-7-15(9-16)17-10-13-5-2-3-6-14(13)11-19/h4,7-9,13-14,17,19H,2-3,5-6,10-11H2,1H3,(H,18,20). The van der Waals surface area contributed by atoms with Crippen molar-refractivity contribution in [1.82, 2.24) is 0 Å². The summed E-state index contributed by atoms with van der Waals surface area (Å²) < 4.78 is 0. The molecule has 0 heterocycles. The van der Waals surface area contributed by atoms with Gasteiger partial charge in [0.05, 0.1) is 0 Å². The fraction of sp³-hybridized carbons (Fsp3) is 0.562. The van der Waals surface area contributed by atoms with Gasteiger partial charge in [-0.3, -0.25) is 4.79 Å². The van der Waals surface area contributed by atoms with Gasteiger partial charge in [0.15, 0.2) is 0 Å². The van der Waals surface area contributed by atoms with Crippen molar-refractivity contribution in [3.05, 3.63) is 24.3 Å². The largest absolute Gasteiger partial charge is 0.396 e. The summed E-state index contributed by atoms with van der Waals surface area (Å²) in [5.41, 5.74) is 1.82. The molecular formula is C16H24N2O2. The van der Waals surface area contributed by atoms with Crippen molar-refractivity contribution < 1.29 is 9.90 Å². The van der Waals surface area contributed by atoms with Gasteiger partial charge in [0.1, 0.15) is 0 Å². The summed E-state index contributed by atoms with van der Waals surface area (Å²) in [5.74, 6) is 0.905. The molecule has 1 amide bonds. The highest BCUT2D eigenvalue weighted by Crippen LogP contribution is 2.30. The SMILES string of the molecule is CC(=O)Nc1cccc(NCC2CCCCC2CO)c1. The van der Waals surface area contributed by atoms with Gasteiger partial charge in [-0.1, -0.05) is 18.9 Å². The quantitative estimate of drug-likeness (QED) is 0.775. The first-order valence-corrected chi connectivity index (χ1v) is 7.41. The van der Waals surface area contributed by atoms with Gasteiger partial charge in [0.25, 0.3) is 0 Å². The number of rotatable bonds is 5. The number of anilines is 2. The van der Waals surface area contributed by atoms with E-state index in [1.807, 2.05) is 24.3 Å². The average Bonchev–Trinajstić information content (AvgIpc) is 2.45. The highest BCUT2D eigenvalue weighted by atomic mass is 16.3.